The van der Waals surface area contributed by atoms with Crippen molar-refractivity contribution >= 4 is 29.1 Å². The van der Waals surface area contributed by atoms with Crippen LogP contribution in [0.4, 0.5) is 11.6 Å². The van der Waals surface area contributed by atoms with E-state index in [-0.39, 0.29) is 24.7 Å². The van der Waals surface area contributed by atoms with E-state index in [1.54, 1.807) is 10.6 Å². The zero-order valence-corrected chi connectivity index (χ0v) is 16.4. The first kappa shape index (κ1) is 18.9. The minimum Gasteiger partial charge on any atom is -0.368 e. The van der Waals surface area contributed by atoms with Gasteiger partial charge in [0.25, 0.3) is 0 Å². The lowest BCUT2D eigenvalue weighted by atomic mass is 10.1. The number of nitrogens with one attached hydrogen (secondary N) is 1. The Balaban J connectivity index is 1.26. The second-order valence-corrected chi connectivity index (χ2v) is 7.15. The predicted octanol–water partition coefficient (Wildman–Crippen LogP) is 2.11. The van der Waals surface area contributed by atoms with Gasteiger partial charge in [-0.1, -0.05) is 24.3 Å². The topological polar surface area (TPSA) is 82.8 Å². The number of para-hydroxylation sites is 1. The summed E-state index contributed by atoms with van der Waals surface area (Å²) in [7, 11) is 0. The molecular formula is C21H24N6O2. The van der Waals surface area contributed by atoms with E-state index in [0.29, 0.717) is 24.7 Å². The highest BCUT2D eigenvalue weighted by Crippen LogP contribution is 2.21. The predicted molar refractivity (Wildman–Crippen MR) is 111 cm³/mol. The van der Waals surface area contributed by atoms with Gasteiger partial charge in [0.1, 0.15) is 0 Å². The first-order chi connectivity index (χ1) is 14.1. The van der Waals surface area contributed by atoms with E-state index >= 15 is 0 Å². The van der Waals surface area contributed by atoms with Crippen molar-refractivity contribution in [3.8, 4) is 0 Å². The molecule has 1 aromatic carbocycles. The third-order valence-electron chi connectivity index (χ3n) is 5.22. The second kappa shape index (κ2) is 8.30. The third-order valence-corrected chi connectivity index (χ3v) is 5.22. The maximum atomic E-state index is 12.5. The molecule has 0 spiro atoms. The lowest BCUT2D eigenvalue weighted by Gasteiger charge is -2.36. The van der Waals surface area contributed by atoms with Crippen LogP contribution in [-0.2, 0) is 9.59 Å². The molecule has 3 aromatic rings. The molecule has 0 unspecified atom stereocenters. The number of aryl methyl sites for hydroxylation is 1. The molecule has 8 heteroatoms. The van der Waals surface area contributed by atoms with Crippen LogP contribution in [0.25, 0.3) is 5.65 Å². The quantitative estimate of drug-likeness (QED) is 0.719. The van der Waals surface area contributed by atoms with E-state index in [0.717, 1.165) is 13.1 Å². The Morgan fingerprint density at radius 3 is 2.52 bits per heavy atom. The maximum absolute atomic E-state index is 12.5. The summed E-state index contributed by atoms with van der Waals surface area (Å²) in [5.41, 5.74) is 3.12. The van der Waals surface area contributed by atoms with Crippen LogP contribution < -0.4 is 10.2 Å². The highest BCUT2D eigenvalue weighted by Gasteiger charge is 2.22. The first-order valence-electron chi connectivity index (χ1n) is 9.80. The van der Waals surface area contributed by atoms with Crippen molar-refractivity contribution in [1.82, 2.24) is 19.5 Å². The monoisotopic (exact) mass is 392 g/mol. The number of nitrogens with zero attached hydrogens (tertiary/aromatic N) is 5. The van der Waals surface area contributed by atoms with E-state index in [2.05, 4.69) is 39.5 Å². The zero-order chi connectivity index (χ0) is 20.2. The molecule has 0 atom stereocenters. The summed E-state index contributed by atoms with van der Waals surface area (Å²) in [6.07, 6.45) is 2.09. The molecule has 0 aliphatic carbocycles. The molecule has 0 bridgehead atoms. The number of carbonyl (C=O) groups is 2. The lowest BCUT2D eigenvalue weighted by molar-refractivity contribution is -0.133. The number of piperazine rings is 1. The van der Waals surface area contributed by atoms with Crippen molar-refractivity contribution in [2.75, 3.05) is 36.4 Å². The van der Waals surface area contributed by atoms with Gasteiger partial charge in [-0.3, -0.25) is 19.3 Å². The van der Waals surface area contributed by atoms with Gasteiger partial charge in [0.05, 0.1) is 0 Å². The average molecular weight is 392 g/mol. The van der Waals surface area contributed by atoms with Gasteiger partial charge in [-0.15, -0.1) is 10.2 Å². The van der Waals surface area contributed by atoms with Gasteiger partial charge >= 0.3 is 0 Å². The average Bonchev–Trinajstić information content (AvgIpc) is 3.15. The molecule has 2 aromatic heterocycles. The summed E-state index contributed by atoms with van der Waals surface area (Å²) < 4.78 is 1.70. The molecule has 0 saturated carbocycles. The Labute approximate surface area is 169 Å². The van der Waals surface area contributed by atoms with Crippen molar-refractivity contribution in [1.29, 1.82) is 0 Å². The van der Waals surface area contributed by atoms with Crippen molar-refractivity contribution in [3.63, 3.8) is 0 Å². The number of benzene rings is 1. The van der Waals surface area contributed by atoms with E-state index in [9.17, 15) is 9.59 Å². The van der Waals surface area contributed by atoms with Crippen LogP contribution in [0.5, 0.6) is 0 Å². The number of pyridine rings is 1. The highest BCUT2D eigenvalue weighted by molar-refractivity contribution is 5.92. The van der Waals surface area contributed by atoms with Crippen molar-refractivity contribution in [2.24, 2.45) is 0 Å². The maximum Gasteiger partial charge on any atom is 0.235 e. The number of aromatic nitrogens is 3. The summed E-state index contributed by atoms with van der Waals surface area (Å²) >= 11 is 0. The molecule has 1 saturated heterocycles. The number of carbonyl (C=O) groups excluding carboxylic acids is 2. The molecule has 1 fully saturated rings. The number of hydrogen-bond acceptors (Lipinski definition) is 5. The Morgan fingerprint density at radius 2 is 1.72 bits per heavy atom. The van der Waals surface area contributed by atoms with Crippen molar-refractivity contribution < 1.29 is 9.59 Å². The molecule has 29 heavy (non-hydrogen) atoms. The molecule has 2 amide bonds. The molecular weight excluding hydrogens is 368 g/mol. The summed E-state index contributed by atoms with van der Waals surface area (Å²) in [4.78, 5) is 28.9. The molecule has 1 N–H and O–H groups in total. The Morgan fingerprint density at radius 1 is 0.966 bits per heavy atom. The SMILES string of the molecule is Cc1ccccc1N1CCN(C(=O)CCC(=O)Nc2nnc3ccccn23)CC1. The molecule has 4 rings (SSSR count). The smallest absolute Gasteiger partial charge is 0.235 e. The van der Waals surface area contributed by atoms with Crippen LogP contribution in [0, 0.1) is 6.92 Å². The van der Waals surface area contributed by atoms with Gasteiger partial charge in [-0.25, -0.2) is 0 Å². The molecule has 8 nitrogen and oxygen atoms in total. The van der Waals surface area contributed by atoms with Crippen LogP contribution in [-0.4, -0.2) is 57.5 Å². The molecule has 150 valence electrons. The second-order valence-electron chi connectivity index (χ2n) is 7.15. The van der Waals surface area contributed by atoms with Gasteiger partial charge < -0.3 is 9.80 Å². The van der Waals surface area contributed by atoms with Gasteiger partial charge in [-0.05, 0) is 30.7 Å². The van der Waals surface area contributed by atoms with Crippen LogP contribution in [0.2, 0.25) is 0 Å². The fraction of sp³-hybridized carbons (Fsp3) is 0.333. The fourth-order valence-corrected chi connectivity index (χ4v) is 3.61. The Kier molecular flexibility index (Phi) is 5.41. The summed E-state index contributed by atoms with van der Waals surface area (Å²) in [6, 6.07) is 13.8. The Bertz CT molecular complexity index is 1020. The van der Waals surface area contributed by atoms with E-state index in [1.165, 1.54) is 11.3 Å². The Hall–Kier alpha value is -3.42. The largest absolute Gasteiger partial charge is 0.368 e. The molecule has 1 aliphatic rings. The van der Waals surface area contributed by atoms with E-state index < -0.39 is 0 Å². The summed E-state index contributed by atoms with van der Waals surface area (Å²) in [5.74, 6) is 0.135. The summed E-state index contributed by atoms with van der Waals surface area (Å²) in [6.45, 7) is 5.04. The highest BCUT2D eigenvalue weighted by atomic mass is 16.2. The van der Waals surface area contributed by atoms with E-state index in [4.69, 9.17) is 0 Å². The van der Waals surface area contributed by atoms with Crippen LogP contribution in [0.15, 0.2) is 48.7 Å². The van der Waals surface area contributed by atoms with Gasteiger partial charge in [-0.2, -0.15) is 0 Å². The number of anilines is 2. The van der Waals surface area contributed by atoms with Gasteiger partial charge in [0, 0.05) is 50.9 Å². The summed E-state index contributed by atoms with van der Waals surface area (Å²) in [5, 5.41) is 10.7. The van der Waals surface area contributed by atoms with E-state index in [1.807, 2.05) is 35.2 Å². The van der Waals surface area contributed by atoms with Crippen LogP contribution in [0.3, 0.4) is 0 Å². The minimum atomic E-state index is -0.241. The number of amides is 2. The third kappa shape index (κ3) is 4.21. The van der Waals surface area contributed by atoms with Crippen molar-refractivity contribution in [3.05, 3.63) is 54.2 Å². The van der Waals surface area contributed by atoms with Gasteiger partial charge in [0.2, 0.25) is 17.8 Å². The number of fused-ring (bicyclic) bond motifs is 1. The van der Waals surface area contributed by atoms with Crippen LogP contribution >= 0.6 is 0 Å². The normalized spacial score (nSPS) is 14.2. The lowest BCUT2D eigenvalue weighted by Crippen LogP contribution is -2.49. The minimum absolute atomic E-state index is 0.00989. The zero-order valence-electron chi connectivity index (χ0n) is 16.4. The molecule has 1 aliphatic heterocycles. The molecule has 0 radical (unpaired) electrons. The number of rotatable bonds is 5. The number of hydrogen-bond donors (Lipinski definition) is 1. The van der Waals surface area contributed by atoms with Gasteiger partial charge in [0.15, 0.2) is 5.65 Å². The van der Waals surface area contributed by atoms with Crippen LogP contribution in [0.1, 0.15) is 18.4 Å². The van der Waals surface area contributed by atoms with Crippen molar-refractivity contribution in [2.45, 2.75) is 19.8 Å². The first-order valence-corrected chi connectivity index (χ1v) is 9.80. The standard InChI is InChI=1S/C21H24N6O2/c1-16-6-2-3-7-17(16)25-12-14-26(15-13-25)20(29)10-9-19(28)22-21-24-23-18-8-4-5-11-27(18)21/h2-8,11H,9-10,12-15H2,1H3,(H,22,24,28). The molecule has 3 heterocycles. The fourth-order valence-electron chi connectivity index (χ4n) is 3.61.